The van der Waals surface area contributed by atoms with E-state index in [9.17, 15) is 4.79 Å². The summed E-state index contributed by atoms with van der Waals surface area (Å²) >= 11 is 0. The first kappa shape index (κ1) is 12.0. The molecule has 0 aliphatic heterocycles. The summed E-state index contributed by atoms with van der Waals surface area (Å²) in [5, 5.41) is 12.7. The zero-order valence-electron chi connectivity index (χ0n) is 10.9. The molecule has 4 saturated carbocycles. The number of hydrogen-bond acceptors (Lipinski definition) is 3. The van der Waals surface area contributed by atoms with Crippen LogP contribution in [0.3, 0.4) is 0 Å². The summed E-state index contributed by atoms with van der Waals surface area (Å²) in [6.07, 6.45) is 7.94. The molecule has 4 nitrogen and oxygen atoms in total. The van der Waals surface area contributed by atoms with Gasteiger partial charge in [0.1, 0.15) is 0 Å². The molecule has 4 aliphatic carbocycles. The van der Waals surface area contributed by atoms with Crippen LogP contribution < -0.4 is 0 Å². The molecule has 4 fully saturated rings. The van der Waals surface area contributed by atoms with Gasteiger partial charge in [0, 0.05) is 5.41 Å². The van der Waals surface area contributed by atoms with Crippen LogP contribution in [0.2, 0.25) is 0 Å². The minimum atomic E-state index is -0.961. The number of oxime groups is 1. The van der Waals surface area contributed by atoms with E-state index < -0.39 is 5.97 Å². The number of rotatable bonds is 4. The Labute approximate surface area is 107 Å². The molecule has 0 aromatic carbocycles. The summed E-state index contributed by atoms with van der Waals surface area (Å²) in [5.41, 5.74) is 1.26. The Balaban J connectivity index is 1.72. The molecule has 0 unspecified atom stereocenters. The SMILES string of the molecule is CC(=NOCC(=O)O)C12CC3CC(CC(C3)C1)C2. The zero-order valence-corrected chi connectivity index (χ0v) is 10.9. The summed E-state index contributed by atoms with van der Waals surface area (Å²) in [7, 11) is 0. The van der Waals surface area contributed by atoms with Crippen molar-refractivity contribution in [1.82, 2.24) is 0 Å². The summed E-state index contributed by atoms with van der Waals surface area (Å²) in [6, 6.07) is 0. The second-order valence-corrected chi connectivity index (χ2v) is 6.54. The van der Waals surface area contributed by atoms with Gasteiger partial charge in [-0.3, -0.25) is 0 Å². The molecule has 4 aliphatic rings. The molecule has 4 rings (SSSR count). The van der Waals surface area contributed by atoms with Crippen molar-refractivity contribution in [1.29, 1.82) is 0 Å². The van der Waals surface area contributed by atoms with Gasteiger partial charge in [-0.15, -0.1) is 0 Å². The number of carbonyl (C=O) groups is 1. The van der Waals surface area contributed by atoms with E-state index in [4.69, 9.17) is 9.94 Å². The lowest BCUT2D eigenvalue weighted by Gasteiger charge is -2.56. The van der Waals surface area contributed by atoms with E-state index in [0.717, 1.165) is 23.5 Å². The Morgan fingerprint density at radius 3 is 2.17 bits per heavy atom. The van der Waals surface area contributed by atoms with Gasteiger partial charge in [0.15, 0.2) is 0 Å². The van der Waals surface area contributed by atoms with Gasteiger partial charge in [-0.1, -0.05) is 5.16 Å². The van der Waals surface area contributed by atoms with Gasteiger partial charge >= 0.3 is 5.97 Å². The maximum atomic E-state index is 10.4. The highest BCUT2D eigenvalue weighted by molar-refractivity contribution is 5.88. The molecule has 4 bridgehead atoms. The standard InChI is InChI=1S/C14H21NO3/c1-9(15-18-8-13(16)17)14-5-10-2-11(6-14)4-12(3-10)7-14/h10-12H,2-8H2,1H3,(H,16,17). The van der Waals surface area contributed by atoms with Crippen LogP contribution in [0.5, 0.6) is 0 Å². The van der Waals surface area contributed by atoms with E-state index in [-0.39, 0.29) is 12.0 Å². The van der Waals surface area contributed by atoms with Crippen molar-refractivity contribution in [3.8, 4) is 0 Å². The van der Waals surface area contributed by atoms with Crippen molar-refractivity contribution in [2.24, 2.45) is 28.3 Å². The number of hydrogen-bond donors (Lipinski definition) is 1. The van der Waals surface area contributed by atoms with E-state index in [2.05, 4.69) is 5.16 Å². The second-order valence-electron chi connectivity index (χ2n) is 6.54. The first-order valence-electron chi connectivity index (χ1n) is 6.96. The first-order chi connectivity index (χ1) is 8.57. The normalized spacial score (nSPS) is 42.1. The average Bonchev–Trinajstić information content (AvgIpc) is 2.26. The van der Waals surface area contributed by atoms with E-state index in [1.807, 2.05) is 6.92 Å². The molecule has 0 atom stereocenters. The Kier molecular flexibility index (Phi) is 2.83. The average molecular weight is 251 g/mol. The van der Waals surface area contributed by atoms with Crippen molar-refractivity contribution in [3.05, 3.63) is 0 Å². The summed E-state index contributed by atoms with van der Waals surface area (Å²) < 4.78 is 0. The molecule has 0 amide bonds. The third-order valence-corrected chi connectivity index (χ3v) is 5.20. The molecule has 0 spiro atoms. The lowest BCUT2D eigenvalue weighted by molar-refractivity contribution is -0.142. The van der Waals surface area contributed by atoms with Crippen molar-refractivity contribution in [2.75, 3.05) is 6.61 Å². The Morgan fingerprint density at radius 2 is 1.72 bits per heavy atom. The minimum Gasteiger partial charge on any atom is -0.479 e. The maximum Gasteiger partial charge on any atom is 0.344 e. The molecule has 4 heteroatoms. The van der Waals surface area contributed by atoms with Crippen LogP contribution in [-0.4, -0.2) is 23.4 Å². The van der Waals surface area contributed by atoms with Crippen molar-refractivity contribution >= 4 is 11.7 Å². The van der Waals surface area contributed by atoms with Gasteiger partial charge in [0.2, 0.25) is 6.61 Å². The summed E-state index contributed by atoms with van der Waals surface area (Å²) in [6.45, 7) is 1.69. The molecule has 0 aromatic heterocycles. The topological polar surface area (TPSA) is 58.9 Å². The highest BCUT2D eigenvalue weighted by Crippen LogP contribution is 2.60. The first-order valence-corrected chi connectivity index (χ1v) is 6.96. The van der Waals surface area contributed by atoms with Crippen LogP contribution in [0.4, 0.5) is 0 Å². The largest absolute Gasteiger partial charge is 0.479 e. The fourth-order valence-electron chi connectivity index (χ4n) is 4.83. The molecule has 1 N–H and O–H groups in total. The molecule has 100 valence electrons. The lowest BCUT2D eigenvalue weighted by atomic mass is 9.48. The molecule has 0 radical (unpaired) electrons. The molecule has 0 saturated heterocycles. The van der Waals surface area contributed by atoms with Gasteiger partial charge in [0.05, 0.1) is 5.71 Å². The molecular weight excluding hydrogens is 230 g/mol. The maximum absolute atomic E-state index is 10.4. The van der Waals surface area contributed by atoms with Crippen molar-refractivity contribution in [2.45, 2.75) is 45.4 Å². The van der Waals surface area contributed by atoms with E-state index in [1.54, 1.807) is 0 Å². The highest BCUT2D eigenvalue weighted by Gasteiger charge is 2.52. The van der Waals surface area contributed by atoms with Gasteiger partial charge in [-0.05, 0) is 63.2 Å². The van der Waals surface area contributed by atoms with Gasteiger partial charge < -0.3 is 9.94 Å². The minimum absolute atomic E-state index is 0.229. The predicted octanol–water partition coefficient (Wildman–Crippen LogP) is 2.68. The smallest absolute Gasteiger partial charge is 0.344 e. The van der Waals surface area contributed by atoms with Crippen LogP contribution in [0, 0.1) is 23.2 Å². The van der Waals surface area contributed by atoms with E-state index in [1.165, 1.54) is 38.5 Å². The number of aliphatic carboxylic acids is 1. The molecule has 18 heavy (non-hydrogen) atoms. The molecule has 0 aromatic rings. The summed E-state index contributed by atoms with van der Waals surface area (Å²) in [5.74, 6) is 1.67. The van der Waals surface area contributed by atoms with Crippen LogP contribution in [0.15, 0.2) is 5.16 Å². The van der Waals surface area contributed by atoms with E-state index in [0.29, 0.717) is 0 Å². The number of carboxylic acids is 1. The third kappa shape index (κ3) is 2.02. The van der Waals surface area contributed by atoms with Crippen molar-refractivity contribution < 1.29 is 14.7 Å². The predicted molar refractivity (Wildman–Crippen MR) is 67.3 cm³/mol. The van der Waals surface area contributed by atoms with Crippen LogP contribution in [0.1, 0.15) is 45.4 Å². The zero-order chi connectivity index (χ0) is 12.8. The Bertz CT molecular complexity index is 353. The number of carboxylic acid groups (broad SMARTS) is 1. The monoisotopic (exact) mass is 251 g/mol. The lowest BCUT2D eigenvalue weighted by Crippen LogP contribution is -2.49. The Hall–Kier alpha value is -1.06. The van der Waals surface area contributed by atoms with Crippen LogP contribution >= 0.6 is 0 Å². The summed E-state index contributed by atoms with van der Waals surface area (Å²) in [4.78, 5) is 15.4. The van der Waals surface area contributed by atoms with Gasteiger partial charge in [0.25, 0.3) is 0 Å². The quantitative estimate of drug-likeness (QED) is 0.617. The van der Waals surface area contributed by atoms with Crippen LogP contribution in [0.25, 0.3) is 0 Å². The van der Waals surface area contributed by atoms with E-state index >= 15 is 0 Å². The second kappa shape index (κ2) is 4.25. The van der Waals surface area contributed by atoms with Crippen LogP contribution in [-0.2, 0) is 9.63 Å². The fourth-order valence-corrected chi connectivity index (χ4v) is 4.83. The highest BCUT2D eigenvalue weighted by atomic mass is 16.6. The molecular formula is C14H21NO3. The van der Waals surface area contributed by atoms with Gasteiger partial charge in [-0.25, -0.2) is 4.79 Å². The fraction of sp³-hybridized carbons (Fsp3) is 0.857. The third-order valence-electron chi connectivity index (χ3n) is 5.20. The van der Waals surface area contributed by atoms with Crippen molar-refractivity contribution in [3.63, 3.8) is 0 Å². The van der Waals surface area contributed by atoms with Gasteiger partial charge in [-0.2, -0.15) is 0 Å². The molecule has 0 heterocycles. The Morgan fingerprint density at radius 1 is 1.22 bits per heavy atom. The number of nitrogens with zero attached hydrogens (tertiary/aromatic N) is 1.